The van der Waals surface area contributed by atoms with Gasteiger partial charge in [-0.3, -0.25) is 4.98 Å². The second kappa shape index (κ2) is 14.7. The van der Waals surface area contributed by atoms with Crippen LogP contribution in [0.1, 0.15) is 41.9 Å². The van der Waals surface area contributed by atoms with Crippen molar-refractivity contribution in [3.05, 3.63) is 228 Å². The smallest absolute Gasteiger partial charge is 0.130 e. The number of pyridine rings is 1. The van der Waals surface area contributed by atoms with Crippen molar-refractivity contribution in [2.75, 3.05) is 28.7 Å². The Labute approximate surface area is 362 Å². The quantitative estimate of drug-likeness (QED) is 0.175. The molecule has 300 valence electrons. The topological polar surface area (TPSA) is 51.6 Å². The number of fused-ring (bicyclic) bond motifs is 7. The number of hydrogen-bond donors (Lipinski definition) is 2. The van der Waals surface area contributed by atoms with E-state index in [0.717, 1.165) is 59.0 Å². The Bertz CT molecular complexity index is 3090. The van der Waals surface area contributed by atoms with Gasteiger partial charge in [0.1, 0.15) is 6.17 Å². The lowest BCUT2D eigenvalue weighted by molar-refractivity contribution is 0.362. The highest BCUT2D eigenvalue weighted by atomic mass is 15.3. The van der Waals surface area contributed by atoms with E-state index >= 15 is 0 Å². The molecule has 0 saturated carbocycles. The Morgan fingerprint density at radius 1 is 0.726 bits per heavy atom. The molecule has 5 aromatic carbocycles. The Kier molecular flexibility index (Phi) is 8.59. The van der Waals surface area contributed by atoms with E-state index in [-0.39, 0.29) is 12.2 Å². The van der Waals surface area contributed by atoms with E-state index in [9.17, 15) is 0 Å². The lowest BCUT2D eigenvalue weighted by Gasteiger charge is -2.36. The average molecular weight is 804 g/mol. The SMILES string of the molecule is CN1C(C2=CNCC=C2)=CC(n2c3c(c4ccccc42)-c2ccccc2N(c2cccc(C4Nc5ccccc5N4c4ccccc4)c2)C2=C3C=CCC2)=CC1c1cccnc1. The summed E-state index contributed by atoms with van der Waals surface area (Å²) in [5, 5.41) is 8.58. The minimum absolute atomic E-state index is 0.0369. The zero-order chi connectivity index (χ0) is 41.1. The molecule has 0 amide bonds. The Balaban J connectivity index is 1.08. The normalized spacial score (nSPS) is 18.8. The first kappa shape index (κ1) is 36.1. The van der Waals surface area contributed by atoms with E-state index in [1.54, 1.807) is 0 Å². The number of anilines is 5. The maximum absolute atomic E-state index is 4.58. The second-order valence-electron chi connectivity index (χ2n) is 16.5. The molecule has 7 aromatic rings. The van der Waals surface area contributed by atoms with Gasteiger partial charge in [-0.25, -0.2) is 0 Å². The Hall–Kier alpha value is -7.77. The van der Waals surface area contributed by atoms with Crippen molar-refractivity contribution < 1.29 is 0 Å². The molecule has 62 heavy (non-hydrogen) atoms. The van der Waals surface area contributed by atoms with Crippen LogP contribution >= 0.6 is 0 Å². The monoisotopic (exact) mass is 803 g/mol. The first-order chi connectivity index (χ1) is 30.7. The maximum atomic E-state index is 4.58. The predicted molar refractivity (Wildman–Crippen MR) is 255 cm³/mol. The number of aromatic nitrogens is 2. The van der Waals surface area contributed by atoms with Crippen LogP contribution < -0.4 is 20.4 Å². The largest absolute Gasteiger partial charge is 0.387 e. The van der Waals surface area contributed by atoms with Crippen LogP contribution in [-0.2, 0) is 0 Å². The predicted octanol–water partition coefficient (Wildman–Crippen LogP) is 12.6. The molecule has 5 aliphatic rings. The second-order valence-corrected chi connectivity index (χ2v) is 16.5. The lowest BCUT2D eigenvalue weighted by atomic mass is 9.94. The summed E-state index contributed by atoms with van der Waals surface area (Å²) < 4.78 is 2.54. The molecule has 0 radical (unpaired) electrons. The number of nitrogens with zero attached hydrogens (tertiary/aromatic N) is 5. The first-order valence-electron chi connectivity index (χ1n) is 21.6. The molecule has 0 bridgehead atoms. The molecule has 7 nitrogen and oxygen atoms in total. The summed E-state index contributed by atoms with van der Waals surface area (Å²) >= 11 is 0. The highest BCUT2D eigenvalue weighted by molar-refractivity contribution is 6.11. The average Bonchev–Trinajstić information content (AvgIpc) is 3.86. The van der Waals surface area contributed by atoms with Gasteiger partial charge < -0.3 is 29.9 Å². The summed E-state index contributed by atoms with van der Waals surface area (Å²) in [4.78, 5) is 11.9. The van der Waals surface area contributed by atoms with Crippen LogP contribution in [0.15, 0.2) is 212 Å². The standard InChI is InChI=1S/C55H45N7/c1-59-51(38-17-14-30-56-35-38)33-42(34-52(59)39-18-15-31-57-36-39)61-48-27-10-6-23-44(48)53-43-22-5-9-26-47(43)60(49-28-11-7-24-45(49)54(53)61)41-21-13-16-37(32-41)55-58-46-25-8-12-29-50(46)62(55)40-19-3-2-4-20-40/h2-10,12-27,29-30,32-36,51,55,57-58H,11,28,31H2,1H3. The first-order valence-corrected chi connectivity index (χ1v) is 21.6. The van der Waals surface area contributed by atoms with Crippen molar-refractivity contribution >= 4 is 50.6 Å². The van der Waals surface area contributed by atoms with Crippen LogP contribution in [0, 0.1) is 0 Å². The molecule has 2 unspecified atom stereocenters. The van der Waals surface area contributed by atoms with Gasteiger partial charge in [-0.05, 0) is 90.7 Å². The van der Waals surface area contributed by atoms with Gasteiger partial charge in [-0.1, -0.05) is 109 Å². The number of benzene rings is 5. The molecule has 7 heteroatoms. The van der Waals surface area contributed by atoms with Crippen LogP contribution in [-0.4, -0.2) is 28.0 Å². The van der Waals surface area contributed by atoms with Gasteiger partial charge in [0.25, 0.3) is 0 Å². The summed E-state index contributed by atoms with van der Waals surface area (Å²) in [5.41, 5.74) is 19.0. The van der Waals surface area contributed by atoms with E-state index in [4.69, 9.17) is 0 Å². The zero-order valence-electron chi connectivity index (χ0n) is 34.5. The van der Waals surface area contributed by atoms with E-state index in [1.165, 1.54) is 55.9 Å². The third-order valence-corrected chi connectivity index (χ3v) is 12.9. The number of allylic oxidation sites excluding steroid dienone is 7. The molecular formula is C55H45N7. The van der Waals surface area contributed by atoms with Crippen molar-refractivity contribution in [2.24, 2.45) is 0 Å². The van der Waals surface area contributed by atoms with E-state index in [2.05, 4.69) is 218 Å². The number of likely N-dealkylation sites (N-methyl/N-ethyl adjacent to an activating group) is 1. The number of hydrogen-bond acceptors (Lipinski definition) is 6. The van der Waals surface area contributed by atoms with Crippen molar-refractivity contribution in [1.82, 2.24) is 19.8 Å². The molecule has 0 fully saturated rings. The summed E-state index contributed by atoms with van der Waals surface area (Å²) in [6, 6.07) is 50.7. The fraction of sp³-hybridized carbons (Fsp3) is 0.109. The van der Waals surface area contributed by atoms with Crippen LogP contribution in [0.4, 0.5) is 28.4 Å². The highest BCUT2D eigenvalue weighted by Crippen LogP contribution is 2.53. The molecule has 2 N–H and O–H groups in total. The van der Waals surface area contributed by atoms with Crippen molar-refractivity contribution in [3.63, 3.8) is 0 Å². The zero-order valence-corrected chi connectivity index (χ0v) is 34.5. The maximum Gasteiger partial charge on any atom is 0.130 e. The van der Waals surface area contributed by atoms with Gasteiger partial charge >= 0.3 is 0 Å². The van der Waals surface area contributed by atoms with Crippen LogP contribution in [0.2, 0.25) is 0 Å². The molecule has 2 atom stereocenters. The third kappa shape index (κ3) is 5.76. The van der Waals surface area contributed by atoms with Gasteiger partial charge in [0.2, 0.25) is 0 Å². The van der Waals surface area contributed by atoms with Gasteiger partial charge in [-0.15, -0.1) is 0 Å². The summed E-state index contributed by atoms with van der Waals surface area (Å²) in [5.74, 6) is 0. The van der Waals surface area contributed by atoms with Crippen molar-refractivity contribution in [2.45, 2.75) is 25.0 Å². The lowest BCUT2D eigenvalue weighted by Crippen LogP contribution is -2.28. The minimum Gasteiger partial charge on any atom is -0.387 e. The van der Waals surface area contributed by atoms with Gasteiger partial charge in [0, 0.05) is 88.3 Å². The van der Waals surface area contributed by atoms with Gasteiger partial charge in [0.05, 0.1) is 34.3 Å². The van der Waals surface area contributed by atoms with Crippen LogP contribution in [0.5, 0.6) is 0 Å². The van der Waals surface area contributed by atoms with Gasteiger partial charge in [0.15, 0.2) is 0 Å². The Morgan fingerprint density at radius 2 is 1.53 bits per heavy atom. The molecule has 0 saturated heterocycles. The van der Waals surface area contributed by atoms with Crippen LogP contribution in [0.25, 0.3) is 33.3 Å². The summed E-state index contributed by atoms with van der Waals surface area (Å²) in [7, 11) is 2.19. The Morgan fingerprint density at radius 3 is 2.40 bits per heavy atom. The minimum atomic E-state index is -0.0865. The molecule has 6 heterocycles. The molecule has 1 aliphatic carbocycles. The fourth-order valence-electron chi connectivity index (χ4n) is 10.2. The molecule has 12 rings (SSSR count). The number of para-hydroxylation sites is 5. The third-order valence-electron chi connectivity index (χ3n) is 12.9. The van der Waals surface area contributed by atoms with Gasteiger partial charge in [-0.2, -0.15) is 0 Å². The summed E-state index contributed by atoms with van der Waals surface area (Å²) in [6.45, 7) is 0.823. The molecular weight excluding hydrogens is 759 g/mol. The van der Waals surface area contributed by atoms with E-state index < -0.39 is 0 Å². The van der Waals surface area contributed by atoms with Crippen LogP contribution in [0.3, 0.4) is 0 Å². The van der Waals surface area contributed by atoms with Crippen molar-refractivity contribution in [1.29, 1.82) is 0 Å². The highest BCUT2D eigenvalue weighted by Gasteiger charge is 2.36. The number of nitrogens with one attached hydrogen (secondary N) is 2. The molecule has 2 aromatic heterocycles. The number of dihydropyridines is 1. The number of rotatable bonds is 6. The molecule has 0 spiro atoms. The summed E-state index contributed by atoms with van der Waals surface area (Å²) in [6.07, 6.45) is 21.8. The van der Waals surface area contributed by atoms with Crippen molar-refractivity contribution in [3.8, 4) is 11.1 Å². The molecule has 4 aliphatic heterocycles. The van der Waals surface area contributed by atoms with E-state index in [0.29, 0.717) is 0 Å². The van der Waals surface area contributed by atoms with E-state index in [1.807, 2.05) is 18.5 Å². The fourth-order valence-corrected chi connectivity index (χ4v) is 10.2.